The lowest BCUT2D eigenvalue weighted by Crippen LogP contribution is -2.04. The van der Waals surface area contributed by atoms with Gasteiger partial charge in [0.25, 0.3) is 0 Å². The molecule has 0 aliphatic rings. The Kier molecular flexibility index (Phi) is 2.99. The SMILES string of the molecule is C#CC(=N)CCN. The monoisotopic (exact) mass is 96.1 g/mol. The molecule has 0 aliphatic heterocycles. The van der Waals surface area contributed by atoms with Crippen molar-refractivity contribution in [2.24, 2.45) is 5.73 Å². The maximum atomic E-state index is 6.82. The van der Waals surface area contributed by atoms with E-state index in [1.54, 1.807) is 0 Å². The molecular formula is C5H8N2. The standard InChI is InChI=1S/C5H8N2/c1-2-5(7)3-4-6/h1,7H,3-4,6H2. The van der Waals surface area contributed by atoms with Crippen LogP contribution >= 0.6 is 0 Å². The van der Waals surface area contributed by atoms with Gasteiger partial charge in [-0.05, 0) is 6.54 Å². The Balaban J connectivity index is 3.24. The molecule has 0 fully saturated rings. The first-order chi connectivity index (χ1) is 3.31. The van der Waals surface area contributed by atoms with Crippen LogP contribution in [0.15, 0.2) is 0 Å². The fourth-order valence-corrected chi connectivity index (χ4v) is 0.217. The number of hydrogen-bond acceptors (Lipinski definition) is 2. The summed E-state index contributed by atoms with van der Waals surface area (Å²) in [5.41, 5.74) is 5.35. The van der Waals surface area contributed by atoms with Crippen molar-refractivity contribution in [3.05, 3.63) is 0 Å². The molecule has 0 aromatic heterocycles. The molecule has 0 atom stereocenters. The molecule has 7 heavy (non-hydrogen) atoms. The van der Waals surface area contributed by atoms with E-state index in [9.17, 15) is 0 Å². The Labute approximate surface area is 43.2 Å². The summed E-state index contributed by atoms with van der Waals surface area (Å²) in [6, 6.07) is 0. The van der Waals surface area contributed by atoms with E-state index in [0.29, 0.717) is 13.0 Å². The van der Waals surface area contributed by atoms with E-state index in [4.69, 9.17) is 17.6 Å². The number of terminal acetylenes is 1. The van der Waals surface area contributed by atoms with Crippen LogP contribution in [0.1, 0.15) is 6.42 Å². The minimum absolute atomic E-state index is 0.280. The van der Waals surface area contributed by atoms with Gasteiger partial charge in [0.1, 0.15) is 0 Å². The summed E-state index contributed by atoms with van der Waals surface area (Å²) >= 11 is 0. The Hall–Kier alpha value is -0.810. The minimum Gasteiger partial charge on any atom is -0.330 e. The molecule has 0 saturated carbocycles. The molecule has 0 heterocycles. The smallest absolute Gasteiger partial charge is 0.0819 e. The highest BCUT2D eigenvalue weighted by Crippen LogP contribution is 1.73. The van der Waals surface area contributed by atoms with Gasteiger partial charge in [0, 0.05) is 6.42 Å². The molecule has 0 bridgehead atoms. The zero-order valence-corrected chi connectivity index (χ0v) is 4.07. The van der Waals surface area contributed by atoms with Gasteiger partial charge in [-0.25, -0.2) is 0 Å². The maximum absolute atomic E-state index is 6.82. The van der Waals surface area contributed by atoms with Crippen molar-refractivity contribution in [3.8, 4) is 12.3 Å². The van der Waals surface area contributed by atoms with Gasteiger partial charge in [-0.15, -0.1) is 6.42 Å². The van der Waals surface area contributed by atoms with Crippen molar-refractivity contribution in [2.75, 3.05) is 6.54 Å². The first-order valence-corrected chi connectivity index (χ1v) is 2.05. The second-order valence-corrected chi connectivity index (χ2v) is 1.16. The van der Waals surface area contributed by atoms with Crippen LogP contribution in [-0.4, -0.2) is 12.3 Å². The molecule has 2 heteroatoms. The van der Waals surface area contributed by atoms with Gasteiger partial charge < -0.3 is 5.73 Å². The van der Waals surface area contributed by atoms with E-state index in [1.165, 1.54) is 0 Å². The fraction of sp³-hybridized carbons (Fsp3) is 0.400. The summed E-state index contributed by atoms with van der Waals surface area (Å²) < 4.78 is 0. The first-order valence-electron chi connectivity index (χ1n) is 2.05. The summed E-state index contributed by atoms with van der Waals surface area (Å²) in [6.07, 6.45) is 5.35. The Morgan fingerprint density at radius 1 is 1.86 bits per heavy atom. The lowest BCUT2D eigenvalue weighted by atomic mass is 10.3. The largest absolute Gasteiger partial charge is 0.330 e. The second kappa shape index (κ2) is 3.38. The van der Waals surface area contributed by atoms with E-state index < -0.39 is 0 Å². The summed E-state index contributed by atoms with van der Waals surface area (Å²) in [5, 5.41) is 6.82. The summed E-state index contributed by atoms with van der Waals surface area (Å²) in [5.74, 6) is 2.17. The molecule has 0 aliphatic carbocycles. The van der Waals surface area contributed by atoms with E-state index in [1.807, 2.05) is 0 Å². The van der Waals surface area contributed by atoms with E-state index in [-0.39, 0.29) is 5.71 Å². The van der Waals surface area contributed by atoms with Gasteiger partial charge in [0.05, 0.1) is 5.71 Å². The van der Waals surface area contributed by atoms with Crippen molar-refractivity contribution < 1.29 is 0 Å². The molecule has 0 radical (unpaired) electrons. The number of nitrogens with two attached hydrogens (primary N) is 1. The van der Waals surface area contributed by atoms with Crippen LogP contribution in [0, 0.1) is 17.8 Å². The predicted octanol–water partition coefficient (Wildman–Crippen LogP) is -0.0118. The molecule has 0 aromatic carbocycles. The zero-order valence-electron chi connectivity index (χ0n) is 4.07. The quantitative estimate of drug-likeness (QED) is 0.368. The highest BCUT2D eigenvalue weighted by Gasteiger charge is 1.83. The highest BCUT2D eigenvalue weighted by atomic mass is 14.5. The Morgan fingerprint density at radius 3 is 2.57 bits per heavy atom. The Bertz CT molecular complexity index is 99.1. The average molecular weight is 96.1 g/mol. The molecule has 2 nitrogen and oxygen atoms in total. The van der Waals surface area contributed by atoms with E-state index in [0.717, 1.165) is 0 Å². The molecule has 3 N–H and O–H groups in total. The highest BCUT2D eigenvalue weighted by molar-refractivity contribution is 5.97. The van der Waals surface area contributed by atoms with E-state index in [2.05, 4.69) is 5.92 Å². The molecule has 0 saturated heterocycles. The van der Waals surface area contributed by atoms with Crippen LogP contribution in [0.25, 0.3) is 0 Å². The minimum atomic E-state index is 0.280. The van der Waals surface area contributed by atoms with Crippen molar-refractivity contribution in [3.63, 3.8) is 0 Å². The molecular weight excluding hydrogens is 88.1 g/mol. The second-order valence-electron chi connectivity index (χ2n) is 1.16. The fourth-order valence-electron chi connectivity index (χ4n) is 0.217. The van der Waals surface area contributed by atoms with E-state index >= 15 is 0 Å². The first kappa shape index (κ1) is 6.19. The van der Waals surface area contributed by atoms with Gasteiger partial charge in [-0.3, -0.25) is 5.41 Å². The lowest BCUT2D eigenvalue weighted by Gasteiger charge is -1.85. The van der Waals surface area contributed by atoms with Gasteiger partial charge in [0.2, 0.25) is 0 Å². The summed E-state index contributed by atoms with van der Waals surface area (Å²) in [6.45, 7) is 0.475. The van der Waals surface area contributed by atoms with Crippen molar-refractivity contribution in [1.29, 1.82) is 5.41 Å². The van der Waals surface area contributed by atoms with Crippen LogP contribution < -0.4 is 5.73 Å². The summed E-state index contributed by atoms with van der Waals surface area (Å²) in [7, 11) is 0. The molecule has 0 amide bonds. The normalized spacial score (nSPS) is 7.43. The average Bonchev–Trinajstić information content (AvgIpc) is 1.68. The topological polar surface area (TPSA) is 49.9 Å². The number of rotatable bonds is 2. The van der Waals surface area contributed by atoms with Crippen LogP contribution in [0.2, 0.25) is 0 Å². The van der Waals surface area contributed by atoms with Gasteiger partial charge in [0.15, 0.2) is 0 Å². The van der Waals surface area contributed by atoms with Crippen molar-refractivity contribution >= 4 is 5.71 Å². The third kappa shape index (κ3) is 3.01. The number of hydrogen-bond donors (Lipinski definition) is 2. The molecule has 0 rings (SSSR count). The van der Waals surface area contributed by atoms with Gasteiger partial charge in [-0.2, -0.15) is 0 Å². The van der Waals surface area contributed by atoms with Crippen LogP contribution in [0.3, 0.4) is 0 Å². The van der Waals surface area contributed by atoms with Crippen molar-refractivity contribution in [2.45, 2.75) is 6.42 Å². The van der Waals surface area contributed by atoms with Crippen LogP contribution in [0.4, 0.5) is 0 Å². The van der Waals surface area contributed by atoms with Gasteiger partial charge in [-0.1, -0.05) is 5.92 Å². The van der Waals surface area contributed by atoms with Crippen LogP contribution in [-0.2, 0) is 0 Å². The third-order valence-electron chi connectivity index (χ3n) is 0.569. The van der Waals surface area contributed by atoms with Gasteiger partial charge >= 0.3 is 0 Å². The van der Waals surface area contributed by atoms with Crippen molar-refractivity contribution in [1.82, 2.24) is 0 Å². The molecule has 0 aromatic rings. The molecule has 0 unspecified atom stereocenters. The summed E-state index contributed by atoms with van der Waals surface area (Å²) in [4.78, 5) is 0. The zero-order chi connectivity index (χ0) is 5.70. The lowest BCUT2D eigenvalue weighted by molar-refractivity contribution is 1.04. The maximum Gasteiger partial charge on any atom is 0.0819 e. The predicted molar refractivity (Wildman–Crippen MR) is 30.2 cm³/mol. The van der Waals surface area contributed by atoms with Crippen LogP contribution in [0.5, 0.6) is 0 Å². The number of nitrogens with one attached hydrogen (secondary N) is 1. The molecule has 0 spiro atoms. The third-order valence-corrected chi connectivity index (χ3v) is 0.569. The Morgan fingerprint density at radius 2 is 2.43 bits per heavy atom. The molecule has 38 valence electrons.